The third-order valence-electron chi connectivity index (χ3n) is 2.94. The van der Waals surface area contributed by atoms with E-state index < -0.39 is 0 Å². The first-order chi connectivity index (χ1) is 7.66. The van der Waals surface area contributed by atoms with Crippen molar-refractivity contribution in [2.45, 2.75) is 38.8 Å². The van der Waals surface area contributed by atoms with Crippen molar-refractivity contribution in [2.75, 3.05) is 6.61 Å². The molecule has 0 aromatic carbocycles. The molecule has 0 N–H and O–H groups in total. The summed E-state index contributed by atoms with van der Waals surface area (Å²) in [5.74, 6) is 0. The van der Waals surface area contributed by atoms with Crippen LogP contribution in [0, 0.1) is 10.5 Å². The fourth-order valence-electron chi connectivity index (χ4n) is 1.95. The van der Waals surface area contributed by atoms with Crippen LogP contribution in [0.15, 0.2) is 17.1 Å². The number of hydrogen-bond acceptors (Lipinski definition) is 2. The predicted octanol–water partition coefficient (Wildman–Crippen LogP) is 2.33. The average Bonchev–Trinajstić information content (AvgIpc) is 2.27. The van der Waals surface area contributed by atoms with Crippen molar-refractivity contribution in [2.24, 2.45) is 0 Å². The molecule has 1 saturated heterocycles. The molecule has 2 heterocycles. The summed E-state index contributed by atoms with van der Waals surface area (Å²) in [5.41, 5.74) is 1.12. The van der Waals surface area contributed by atoms with E-state index in [0.717, 1.165) is 28.6 Å². The Morgan fingerprint density at radius 2 is 2.38 bits per heavy atom. The maximum Gasteiger partial charge on any atom is 0.250 e. The fraction of sp³-hybridized carbons (Fsp3) is 0.583. The maximum absolute atomic E-state index is 11.8. The molecule has 1 aliphatic rings. The molecule has 0 radical (unpaired) electrons. The van der Waals surface area contributed by atoms with Gasteiger partial charge in [0.25, 0.3) is 5.56 Å². The third-order valence-corrected chi connectivity index (χ3v) is 4.07. The Bertz CT molecular complexity index is 422. The van der Waals surface area contributed by atoms with Crippen LogP contribution in [-0.2, 0) is 11.3 Å². The van der Waals surface area contributed by atoms with Crippen LogP contribution in [0.5, 0.6) is 0 Å². The number of aryl methyl sites for hydroxylation is 1. The minimum absolute atomic E-state index is 0.0760. The lowest BCUT2D eigenvalue weighted by Crippen LogP contribution is -2.30. The lowest BCUT2D eigenvalue weighted by molar-refractivity contribution is 0.00539. The fourth-order valence-corrected chi connectivity index (χ4v) is 2.44. The van der Waals surface area contributed by atoms with E-state index in [1.54, 1.807) is 10.6 Å². The molecule has 2 rings (SSSR count). The summed E-state index contributed by atoms with van der Waals surface area (Å²) in [7, 11) is 0. The average molecular weight is 333 g/mol. The Kier molecular flexibility index (Phi) is 4.02. The van der Waals surface area contributed by atoms with E-state index in [1.807, 2.05) is 13.1 Å². The van der Waals surface area contributed by atoms with Gasteiger partial charge in [0.05, 0.1) is 12.6 Å². The number of rotatable bonds is 2. The maximum atomic E-state index is 11.8. The molecule has 0 amide bonds. The number of halogens is 1. The van der Waals surface area contributed by atoms with Crippen LogP contribution in [0.2, 0.25) is 0 Å². The SMILES string of the molecule is Cc1cc(=O)n(CC2CCCCO2)cc1I. The normalized spacial score (nSPS) is 21.0. The van der Waals surface area contributed by atoms with Crippen molar-refractivity contribution in [1.82, 2.24) is 4.57 Å². The van der Waals surface area contributed by atoms with Gasteiger partial charge in [0.15, 0.2) is 0 Å². The van der Waals surface area contributed by atoms with Crippen molar-refractivity contribution < 1.29 is 4.74 Å². The molecular formula is C12H16INO2. The Balaban J connectivity index is 2.14. The molecular weight excluding hydrogens is 317 g/mol. The topological polar surface area (TPSA) is 31.2 Å². The van der Waals surface area contributed by atoms with Crippen molar-refractivity contribution in [3.63, 3.8) is 0 Å². The van der Waals surface area contributed by atoms with E-state index in [-0.39, 0.29) is 11.7 Å². The minimum atomic E-state index is 0.0760. The highest BCUT2D eigenvalue weighted by molar-refractivity contribution is 14.1. The zero-order valence-electron chi connectivity index (χ0n) is 9.41. The van der Waals surface area contributed by atoms with Crippen LogP contribution in [0.3, 0.4) is 0 Å². The standard InChI is InChI=1S/C12H16INO2/c1-9-6-12(15)14(8-11(9)13)7-10-4-2-3-5-16-10/h6,8,10H,2-5,7H2,1H3. The first-order valence-corrected chi connectivity index (χ1v) is 6.73. The second-order valence-corrected chi connectivity index (χ2v) is 5.45. The molecule has 1 aromatic heterocycles. The van der Waals surface area contributed by atoms with Gasteiger partial charge in [0.2, 0.25) is 0 Å². The van der Waals surface area contributed by atoms with Crippen molar-refractivity contribution in [1.29, 1.82) is 0 Å². The Morgan fingerprint density at radius 3 is 3.06 bits per heavy atom. The van der Waals surface area contributed by atoms with Gasteiger partial charge in [0.1, 0.15) is 0 Å². The molecule has 0 bridgehead atoms. The van der Waals surface area contributed by atoms with Crippen LogP contribution < -0.4 is 5.56 Å². The summed E-state index contributed by atoms with van der Waals surface area (Å²) in [6.07, 6.45) is 5.57. The van der Waals surface area contributed by atoms with Gasteiger partial charge in [-0.15, -0.1) is 0 Å². The number of hydrogen-bond donors (Lipinski definition) is 0. The van der Waals surface area contributed by atoms with Gasteiger partial charge >= 0.3 is 0 Å². The highest BCUT2D eigenvalue weighted by Crippen LogP contribution is 2.15. The van der Waals surface area contributed by atoms with E-state index in [1.165, 1.54) is 6.42 Å². The molecule has 1 aromatic rings. The van der Waals surface area contributed by atoms with Crippen LogP contribution in [0.25, 0.3) is 0 Å². The largest absolute Gasteiger partial charge is 0.376 e. The van der Waals surface area contributed by atoms with Gasteiger partial charge < -0.3 is 9.30 Å². The van der Waals surface area contributed by atoms with E-state index >= 15 is 0 Å². The van der Waals surface area contributed by atoms with E-state index in [2.05, 4.69) is 22.6 Å². The van der Waals surface area contributed by atoms with Gasteiger partial charge in [-0.2, -0.15) is 0 Å². The zero-order chi connectivity index (χ0) is 11.5. The molecule has 1 atom stereocenters. The van der Waals surface area contributed by atoms with E-state index in [9.17, 15) is 4.79 Å². The molecule has 16 heavy (non-hydrogen) atoms. The first-order valence-electron chi connectivity index (χ1n) is 5.65. The highest BCUT2D eigenvalue weighted by Gasteiger charge is 2.15. The summed E-state index contributed by atoms with van der Waals surface area (Å²) in [6.45, 7) is 3.49. The van der Waals surface area contributed by atoms with Gasteiger partial charge in [-0.05, 0) is 54.3 Å². The summed E-state index contributed by atoms with van der Waals surface area (Å²) < 4.78 is 8.55. The van der Waals surface area contributed by atoms with Gasteiger partial charge in [-0.3, -0.25) is 4.79 Å². The highest BCUT2D eigenvalue weighted by atomic mass is 127. The summed E-state index contributed by atoms with van der Waals surface area (Å²) in [6, 6.07) is 1.70. The summed E-state index contributed by atoms with van der Waals surface area (Å²) in [5, 5.41) is 0. The molecule has 0 spiro atoms. The molecule has 0 aliphatic carbocycles. The summed E-state index contributed by atoms with van der Waals surface area (Å²) in [4.78, 5) is 11.8. The molecule has 1 aliphatic heterocycles. The van der Waals surface area contributed by atoms with Gasteiger partial charge in [-0.25, -0.2) is 0 Å². The number of aromatic nitrogens is 1. The molecule has 3 nitrogen and oxygen atoms in total. The zero-order valence-corrected chi connectivity index (χ0v) is 11.6. The second kappa shape index (κ2) is 5.31. The monoisotopic (exact) mass is 333 g/mol. The van der Waals surface area contributed by atoms with Crippen LogP contribution >= 0.6 is 22.6 Å². The van der Waals surface area contributed by atoms with Crippen LogP contribution in [0.4, 0.5) is 0 Å². The van der Waals surface area contributed by atoms with Gasteiger partial charge in [0, 0.05) is 22.4 Å². The number of ether oxygens (including phenoxy) is 1. The Hall–Kier alpha value is -0.360. The Labute approximate surface area is 109 Å². The van der Waals surface area contributed by atoms with Gasteiger partial charge in [-0.1, -0.05) is 0 Å². The predicted molar refractivity (Wildman–Crippen MR) is 71.7 cm³/mol. The van der Waals surface area contributed by atoms with Crippen LogP contribution in [-0.4, -0.2) is 17.3 Å². The molecule has 4 heteroatoms. The lowest BCUT2D eigenvalue weighted by atomic mass is 10.1. The van der Waals surface area contributed by atoms with Crippen molar-refractivity contribution in [3.8, 4) is 0 Å². The molecule has 0 saturated carbocycles. The van der Waals surface area contributed by atoms with E-state index in [0.29, 0.717) is 6.54 Å². The molecule has 88 valence electrons. The lowest BCUT2D eigenvalue weighted by Gasteiger charge is -2.23. The summed E-state index contributed by atoms with van der Waals surface area (Å²) >= 11 is 2.26. The second-order valence-electron chi connectivity index (χ2n) is 4.28. The van der Waals surface area contributed by atoms with Crippen molar-refractivity contribution >= 4 is 22.6 Å². The quantitative estimate of drug-likeness (QED) is 0.778. The van der Waals surface area contributed by atoms with Crippen LogP contribution in [0.1, 0.15) is 24.8 Å². The molecule has 1 fully saturated rings. The third kappa shape index (κ3) is 2.85. The molecule has 1 unspecified atom stereocenters. The number of nitrogens with zero attached hydrogens (tertiary/aromatic N) is 1. The Morgan fingerprint density at radius 1 is 1.56 bits per heavy atom. The number of pyridine rings is 1. The first kappa shape index (κ1) is 12.1. The smallest absolute Gasteiger partial charge is 0.250 e. The van der Waals surface area contributed by atoms with E-state index in [4.69, 9.17) is 4.74 Å². The minimum Gasteiger partial charge on any atom is -0.376 e. The van der Waals surface area contributed by atoms with Crippen molar-refractivity contribution in [3.05, 3.63) is 31.8 Å².